The van der Waals surface area contributed by atoms with E-state index in [2.05, 4.69) is 4.74 Å². The number of imide groups is 1. The highest BCUT2D eigenvalue weighted by molar-refractivity contribution is 8.18. The van der Waals surface area contributed by atoms with Gasteiger partial charge in [0.25, 0.3) is 11.1 Å². The van der Waals surface area contributed by atoms with Crippen molar-refractivity contribution < 1.29 is 33.4 Å². The van der Waals surface area contributed by atoms with Crippen LogP contribution in [0.3, 0.4) is 0 Å². The van der Waals surface area contributed by atoms with E-state index in [-0.39, 0.29) is 27.0 Å². The number of carbonyl (C=O) groups is 4. The standard InChI is InChI=1S/C21H15Cl2NO7S/c1-29-15-8-11(9-16-19(26)24(21(28)32-16)10-17(25)30-2)7-14(23)18(15)31-20(27)12-3-5-13(22)6-4-12/h3-9H,10H2,1-2H3/b16-9-. The zero-order valence-electron chi connectivity index (χ0n) is 16.7. The summed E-state index contributed by atoms with van der Waals surface area (Å²) in [6.45, 7) is -0.484. The van der Waals surface area contributed by atoms with E-state index in [1.54, 1.807) is 12.1 Å². The third-order valence-corrected chi connectivity index (χ3v) is 5.65. The highest BCUT2D eigenvalue weighted by Gasteiger charge is 2.36. The summed E-state index contributed by atoms with van der Waals surface area (Å²) in [6.07, 6.45) is 1.42. The van der Waals surface area contributed by atoms with Crippen molar-refractivity contribution in [3.63, 3.8) is 0 Å². The smallest absolute Gasteiger partial charge is 0.343 e. The third kappa shape index (κ3) is 5.24. The van der Waals surface area contributed by atoms with Gasteiger partial charge in [0.05, 0.1) is 29.7 Å². The van der Waals surface area contributed by atoms with Gasteiger partial charge in [-0.3, -0.25) is 19.3 Å². The Kier molecular flexibility index (Phi) is 7.44. The molecule has 1 heterocycles. The molecule has 0 atom stereocenters. The van der Waals surface area contributed by atoms with Crippen molar-refractivity contribution in [2.24, 2.45) is 0 Å². The van der Waals surface area contributed by atoms with Crippen molar-refractivity contribution in [2.45, 2.75) is 0 Å². The second-order valence-corrected chi connectivity index (χ2v) is 8.11. The molecule has 0 saturated carbocycles. The quantitative estimate of drug-likeness (QED) is 0.329. The average Bonchev–Trinajstić information content (AvgIpc) is 3.02. The molecule has 0 bridgehead atoms. The molecule has 2 amide bonds. The third-order valence-electron chi connectivity index (χ3n) is 4.21. The van der Waals surface area contributed by atoms with Crippen LogP contribution in [0.1, 0.15) is 15.9 Å². The van der Waals surface area contributed by atoms with E-state index in [0.29, 0.717) is 22.3 Å². The van der Waals surface area contributed by atoms with E-state index >= 15 is 0 Å². The van der Waals surface area contributed by atoms with Crippen LogP contribution >= 0.6 is 35.0 Å². The van der Waals surface area contributed by atoms with Gasteiger partial charge in [-0.05, 0) is 59.8 Å². The van der Waals surface area contributed by atoms with Gasteiger partial charge in [-0.1, -0.05) is 23.2 Å². The summed E-state index contributed by atoms with van der Waals surface area (Å²) in [5.41, 5.74) is 0.678. The van der Waals surface area contributed by atoms with Crippen LogP contribution in [0, 0.1) is 0 Å². The lowest BCUT2D eigenvalue weighted by Crippen LogP contribution is -2.34. The molecule has 2 aromatic carbocycles. The fraction of sp³-hybridized carbons (Fsp3) is 0.143. The minimum Gasteiger partial charge on any atom is -0.493 e. The Labute approximate surface area is 197 Å². The molecule has 0 unspecified atom stereocenters. The highest BCUT2D eigenvalue weighted by Crippen LogP contribution is 2.39. The second-order valence-electron chi connectivity index (χ2n) is 6.27. The van der Waals surface area contributed by atoms with Crippen molar-refractivity contribution >= 4 is 64.1 Å². The summed E-state index contributed by atoms with van der Waals surface area (Å²) in [6, 6.07) is 9.04. The molecule has 3 rings (SSSR count). The van der Waals surface area contributed by atoms with Gasteiger partial charge in [0.2, 0.25) is 0 Å². The molecule has 1 saturated heterocycles. The molecule has 1 aliphatic heterocycles. The van der Waals surface area contributed by atoms with Crippen molar-refractivity contribution in [3.05, 3.63) is 62.5 Å². The zero-order valence-corrected chi connectivity index (χ0v) is 19.0. The maximum absolute atomic E-state index is 12.5. The first-order valence-corrected chi connectivity index (χ1v) is 10.5. The normalized spacial score (nSPS) is 14.6. The number of rotatable bonds is 6. The Morgan fingerprint density at radius 3 is 2.41 bits per heavy atom. The minimum atomic E-state index is -0.717. The van der Waals surface area contributed by atoms with E-state index in [0.717, 1.165) is 12.0 Å². The molecule has 166 valence electrons. The first-order valence-electron chi connectivity index (χ1n) is 8.91. The summed E-state index contributed by atoms with van der Waals surface area (Å²) in [4.78, 5) is 49.2. The van der Waals surface area contributed by atoms with Crippen LogP contribution in [-0.4, -0.2) is 48.7 Å². The van der Waals surface area contributed by atoms with Gasteiger partial charge in [0, 0.05) is 5.02 Å². The first-order chi connectivity index (χ1) is 15.2. The molecule has 2 aromatic rings. The van der Waals surface area contributed by atoms with Gasteiger partial charge in [0.15, 0.2) is 11.5 Å². The summed E-state index contributed by atoms with van der Waals surface area (Å²) >= 11 is 12.8. The van der Waals surface area contributed by atoms with Crippen LogP contribution in [0.2, 0.25) is 10.0 Å². The number of ether oxygens (including phenoxy) is 3. The number of thioether (sulfide) groups is 1. The molecule has 1 fully saturated rings. The van der Waals surface area contributed by atoms with Crippen LogP contribution in [0.25, 0.3) is 6.08 Å². The van der Waals surface area contributed by atoms with Crippen molar-refractivity contribution in [1.29, 1.82) is 0 Å². The van der Waals surface area contributed by atoms with Gasteiger partial charge in [-0.25, -0.2) is 4.79 Å². The van der Waals surface area contributed by atoms with Crippen molar-refractivity contribution in [3.8, 4) is 11.5 Å². The van der Waals surface area contributed by atoms with Crippen LogP contribution in [0.5, 0.6) is 11.5 Å². The molecule has 0 spiro atoms. The maximum atomic E-state index is 12.5. The highest BCUT2D eigenvalue weighted by atomic mass is 35.5. The number of esters is 2. The molecule has 11 heteroatoms. The van der Waals surface area contributed by atoms with E-state index in [1.165, 1.54) is 37.5 Å². The number of carbonyl (C=O) groups excluding carboxylic acids is 4. The van der Waals surface area contributed by atoms with Gasteiger partial charge >= 0.3 is 11.9 Å². The van der Waals surface area contributed by atoms with Gasteiger partial charge in [-0.15, -0.1) is 0 Å². The Morgan fingerprint density at radius 2 is 1.78 bits per heavy atom. The predicted molar refractivity (Wildman–Crippen MR) is 119 cm³/mol. The largest absolute Gasteiger partial charge is 0.493 e. The Bertz CT molecular complexity index is 1130. The summed E-state index contributed by atoms with van der Waals surface area (Å²) in [5.74, 6) is -1.90. The van der Waals surface area contributed by atoms with E-state index in [9.17, 15) is 19.2 Å². The van der Waals surface area contributed by atoms with E-state index in [4.69, 9.17) is 32.7 Å². The van der Waals surface area contributed by atoms with E-state index < -0.39 is 29.6 Å². The summed E-state index contributed by atoms with van der Waals surface area (Å²) < 4.78 is 15.2. The van der Waals surface area contributed by atoms with Crippen LogP contribution < -0.4 is 9.47 Å². The topological polar surface area (TPSA) is 99.2 Å². The average molecular weight is 496 g/mol. The number of methoxy groups -OCH3 is 2. The monoisotopic (exact) mass is 495 g/mol. The number of benzene rings is 2. The van der Waals surface area contributed by atoms with E-state index in [1.807, 2.05) is 0 Å². The van der Waals surface area contributed by atoms with Crippen molar-refractivity contribution in [2.75, 3.05) is 20.8 Å². The Hall–Kier alpha value is -3.01. The molecule has 8 nitrogen and oxygen atoms in total. The lowest BCUT2D eigenvalue weighted by molar-refractivity contribution is -0.143. The van der Waals surface area contributed by atoms with Crippen LogP contribution in [0.15, 0.2) is 41.3 Å². The Balaban J connectivity index is 1.85. The number of amides is 2. The predicted octanol–water partition coefficient (Wildman–Crippen LogP) is 4.43. The second kappa shape index (κ2) is 10.1. The van der Waals surface area contributed by atoms with Gasteiger partial charge < -0.3 is 14.2 Å². The summed E-state index contributed by atoms with van der Waals surface area (Å²) in [5, 5.41) is -0.0811. The molecule has 0 N–H and O–H groups in total. The van der Waals surface area contributed by atoms with Crippen molar-refractivity contribution in [1.82, 2.24) is 4.90 Å². The van der Waals surface area contributed by atoms with Gasteiger partial charge in [0.1, 0.15) is 6.54 Å². The maximum Gasteiger partial charge on any atom is 0.343 e. The lowest BCUT2D eigenvalue weighted by Gasteiger charge is -2.12. The number of hydrogen-bond donors (Lipinski definition) is 0. The lowest BCUT2D eigenvalue weighted by atomic mass is 10.1. The number of halogens is 2. The first kappa shape index (κ1) is 23.6. The number of nitrogens with zero attached hydrogens (tertiary/aromatic N) is 1. The fourth-order valence-electron chi connectivity index (χ4n) is 2.64. The molecule has 0 aliphatic carbocycles. The molecule has 0 aromatic heterocycles. The SMILES string of the molecule is COC(=O)CN1C(=O)S/C(=C\c2cc(Cl)c(OC(=O)c3ccc(Cl)cc3)c(OC)c2)C1=O. The fourth-order valence-corrected chi connectivity index (χ4v) is 3.86. The zero-order chi connectivity index (χ0) is 23.4. The summed E-state index contributed by atoms with van der Waals surface area (Å²) in [7, 11) is 2.52. The Morgan fingerprint density at radius 1 is 1.09 bits per heavy atom. The molecule has 0 radical (unpaired) electrons. The van der Waals surface area contributed by atoms with Crippen LogP contribution in [0.4, 0.5) is 4.79 Å². The molecular weight excluding hydrogens is 481 g/mol. The molecular formula is C21H15Cl2NO7S. The van der Waals surface area contributed by atoms with Crippen LogP contribution in [-0.2, 0) is 14.3 Å². The number of hydrogen-bond acceptors (Lipinski definition) is 8. The molecule has 1 aliphatic rings. The van der Waals surface area contributed by atoms with Gasteiger partial charge in [-0.2, -0.15) is 0 Å². The molecule has 32 heavy (non-hydrogen) atoms. The minimum absolute atomic E-state index is 0.00920.